The van der Waals surface area contributed by atoms with E-state index in [0.29, 0.717) is 34.6 Å². The Bertz CT molecular complexity index is 2280. The fourth-order valence-corrected chi connectivity index (χ4v) is 9.96. The summed E-state index contributed by atoms with van der Waals surface area (Å²) in [5, 5.41) is 36.7. The zero-order valence-electron chi connectivity index (χ0n) is 30.1. The van der Waals surface area contributed by atoms with Gasteiger partial charge in [0.05, 0.1) is 0 Å². The molecule has 1 unspecified atom stereocenters. The van der Waals surface area contributed by atoms with Gasteiger partial charge in [0.15, 0.2) is 10.8 Å². The number of amides is 3. The maximum absolute atomic E-state index is 14.1. The van der Waals surface area contributed by atoms with E-state index in [1.165, 1.54) is 44.4 Å². The zero-order chi connectivity index (χ0) is 39.5. The number of β-lactam (4-membered cyclic amide) rings is 1. The Morgan fingerprint density at radius 2 is 1.67 bits per heavy atom. The molecule has 3 atom stereocenters. The van der Waals surface area contributed by atoms with Crippen molar-refractivity contribution in [3.8, 4) is 0 Å². The molecule has 5 aromatic rings. The number of hydrogen-bond donors (Lipinski definition) is 4. The first kappa shape index (κ1) is 37.9. The molecular weight excluding hydrogens is 789 g/mol. The quantitative estimate of drug-likeness (QED) is 0.0418. The summed E-state index contributed by atoms with van der Waals surface area (Å²) in [4.78, 5) is 64.3. The van der Waals surface area contributed by atoms with Crippen molar-refractivity contribution in [3.05, 3.63) is 130 Å². The molecule has 0 radical (unpaired) electrons. The fraction of sp³-hybridized carbons (Fsp3) is 0.237. The van der Waals surface area contributed by atoms with Crippen LogP contribution in [0.4, 0.5) is 5.13 Å². The van der Waals surface area contributed by atoms with Gasteiger partial charge in [-0.05, 0) is 32.7 Å². The zero-order valence-corrected chi connectivity index (χ0v) is 32.6. The van der Waals surface area contributed by atoms with E-state index >= 15 is 0 Å². The van der Waals surface area contributed by atoms with Crippen LogP contribution in [0, 0.1) is 0 Å². The van der Waals surface area contributed by atoms with Crippen LogP contribution in [0.15, 0.2) is 118 Å². The van der Waals surface area contributed by atoms with Crippen molar-refractivity contribution in [2.24, 2.45) is 12.2 Å². The fourth-order valence-electron chi connectivity index (χ4n) is 6.87. The Hall–Kier alpha value is -6.05. The lowest BCUT2D eigenvalue weighted by Gasteiger charge is -2.49. The molecule has 0 aliphatic carbocycles. The highest BCUT2D eigenvalue weighted by atomic mass is 32.2. The first-order chi connectivity index (χ1) is 27.7. The maximum Gasteiger partial charge on any atom is 0.352 e. The number of carboxylic acids is 1. The summed E-state index contributed by atoms with van der Waals surface area (Å²) in [7, 11) is 1.67. The topological polar surface area (TPSA) is 206 Å². The third kappa shape index (κ3) is 7.36. The third-order valence-electron chi connectivity index (χ3n) is 9.64. The molecule has 2 saturated heterocycles. The van der Waals surface area contributed by atoms with Crippen molar-refractivity contribution in [2.75, 3.05) is 23.4 Å². The number of hydrogen-bond acceptors (Lipinski definition) is 14. The number of nitrogens with one attached hydrogen (secondary N) is 3. The standard InChI is InChI=1S/C38H34N10O6S3/c1-47-37(43-45-46-47)57-20-22-19-55-34-29(33(51)48(34)30(22)35(52)53)41-32(50)28(44-54-27-17-18-39-31(27)49)26-21-56-36(40-26)42-38(23-11-5-2-6-12-23,24-13-7-3-8-14-24)25-15-9-4-10-16-25/h2-16,21,27,29,34H,17-20H2,1H3,(H,39,49)(H,40,42)(H,41,50)(H,52,53)/t27?,29-,34+/m1/s1. The molecule has 0 spiro atoms. The average molecular weight is 823 g/mol. The number of fused-ring (bicyclic) bond motifs is 1. The predicted octanol–water partition coefficient (Wildman–Crippen LogP) is 3.21. The molecule has 4 N–H and O–H groups in total. The van der Waals surface area contributed by atoms with Gasteiger partial charge in [0, 0.05) is 36.9 Å². The van der Waals surface area contributed by atoms with Gasteiger partial charge in [-0.1, -0.05) is 108 Å². The minimum atomic E-state index is -1.25. The molecule has 3 aromatic carbocycles. The van der Waals surface area contributed by atoms with Gasteiger partial charge in [-0.2, -0.15) is 0 Å². The summed E-state index contributed by atoms with van der Waals surface area (Å²) in [5.74, 6) is -2.43. The van der Waals surface area contributed by atoms with E-state index in [1.54, 1.807) is 12.4 Å². The molecular formula is C38H34N10O6S3. The molecule has 0 saturated carbocycles. The van der Waals surface area contributed by atoms with E-state index in [-0.39, 0.29) is 28.8 Å². The van der Waals surface area contributed by atoms with Gasteiger partial charge in [-0.15, -0.1) is 28.2 Å². The number of tetrazole rings is 1. The van der Waals surface area contributed by atoms with Gasteiger partial charge in [-0.3, -0.25) is 19.3 Å². The van der Waals surface area contributed by atoms with Crippen molar-refractivity contribution in [2.45, 2.75) is 34.6 Å². The largest absolute Gasteiger partial charge is 0.477 e. The molecule has 290 valence electrons. The minimum Gasteiger partial charge on any atom is -0.477 e. The smallest absolute Gasteiger partial charge is 0.352 e. The highest BCUT2D eigenvalue weighted by molar-refractivity contribution is 8.01. The summed E-state index contributed by atoms with van der Waals surface area (Å²) >= 11 is 3.83. The number of nitrogens with zero attached hydrogens (tertiary/aromatic N) is 7. The van der Waals surface area contributed by atoms with Crippen LogP contribution in [0.25, 0.3) is 0 Å². The van der Waals surface area contributed by atoms with Crippen LogP contribution in [0.1, 0.15) is 28.8 Å². The van der Waals surface area contributed by atoms with E-state index in [0.717, 1.165) is 16.7 Å². The number of carbonyl (C=O) groups is 4. The average Bonchev–Trinajstić information content (AvgIpc) is 4.00. The number of anilines is 1. The number of aryl methyl sites for hydroxylation is 1. The monoisotopic (exact) mass is 822 g/mol. The van der Waals surface area contributed by atoms with Crippen LogP contribution in [0.3, 0.4) is 0 Å². The van der Waals surface area contributed by atoms with Gasteiger partial charge in [0.1, 0.15) is 28.3 Å². The number of aromatic nitrogens is 5. The predicted molar refractivity (Wildman–Crippen MR) is 213 cm³/mol. The first-order valence-electron chi connectivity index (χ1n) is 17.7. The SMILES string of the molecule is Cn1nnnc1SCC1=C(C(=O)O)N2C(=O)[C@@H](NC(=O)C(=NOC3CCNC3=O)c3csc(NC(c4ccccc4)(c4ccccc4)c4ccccc4)n3)[C@@H]2SC1. The van der Waals surface area contributed by atoms with Crippen LogP contribution in [-0.2, 0) is 36.6 Å². The molecule has 57 heavy (non-hydrogen) atoms. The highest BCUT2D eigenvalue weighted by Crippen LogP contribution is 2.43. The molecule has 0 bridgehead atoms. The third-order valence-corrected chi connectivity index (χ3v) is 12.8. The molecule has 8 rings (SSSR count). The molecule has 3 aliphatic rings. The second-order valence-electron chi connectivity index (χ2n) is 13.1. The van der Waals surface area contributed by atoms with Crippen molar-refractivity contribution < 1.29 is 29.1 Å². The highest BCUT2D eigenvalue weighted by Gasteiger charge is 2.54. The van der Waals surface area contributed by atoms with Crippen LogP contribution in [0.5, 0.6) is 0 Å². The Balaban J connectivity index is 1.08. The second kappa shape index (κ2) is 16.2. The minimum absolute atomic E-state index is 0.129. The number of carbonyl (C=O) groups excluding carboxylic acids is 3. The van der Waals surface area contributed by atoms with E-state index < -0.39 is 40.8 Å². The van der Waals surface area contributed by atoms with Crippen LogP contribution in [-0.4, -0.2) is 100 Å². The number of benzene rings is 3. The first-order valence-corrected chi connectivity index (χ1v) is 20.6. The second-order valence-corrected chi connectivity index (χ2v) is 16.0. The van der Waals surface area contributed by atoms with Crippen LogP contribution in [0.2, 0.25) is 0 Å². The van der Waals surface area contributed by atoms with Crippen molar-refractivity contribution >= 4 is 69.4 Å². The molecule has 16 nitrogen and oxygen atoms in total. The number of carboxylic acid groups (broad SMARTS) is 1. The number of oxime groups is 1. The summed E-state index contributed by atoms with van der Waals surface area (Å²) in [6.07, 6.45) is -0.570. The molecule has 19 heteroatoms. The lowest BCUT2D eigenvalue weighted by atomic mass is 9.77. The van der Waals surface area contributed by atoms with E-state index in [4.69, 9.17) is 9.82 Å². The Kier molecular flexibility index (Phi) is 10.8. The van der Waals surface area contributed by atoms with E-state index in [2.05, 4.69) is 36.6 Å². The number of thioether (sulfide) groups is 2. The molecule has 3 aliphatic heterocycles. The van der Waals surface area contributed by atoms with Gasteiger partial charge in [0.25, 0.3) is 17.7 Å². The summed E-state index contributed by atoms with van der Waals surface area (Å²) in [6.45, 7) is 0.395. The Morgan fingerprint density at radius 3 is 2.23 bits per heavy atom. The number of aliphatic carboxylic acids is 1. The van der Waals surface area contributed by atoms with Gasteiger partial charge in [-0.25, -0.2) is 14.5 Å². The number of rotatable bonds is 14. The van der Waals surface area contributed by atoms with Crippen LogP contribution < -0.4 is 16.0 Å². The normalized spacial score (nSPS) is 19.4. The van der Waals surface area contributed by atoms with Crippen LogP contribution >= 0.6 is 34.9 Å². The van der Waals surface area contributed by atoms with Crippen molar-refractivity contribution in [3.63, 3.8) is 0 Å². The molecule has 2 fully saturated rings. The molecule has 5 heterocycles. The van der Waals surface area contributed by atoms with Gasteiger partial charge < -0.3 is 25.9 Å². The Morgan fingerprint density at radius 1 is 1.02 bits per heavy atom. The van der Waals surface area contributed by atoms with Crippen molar-refractivity contribution in [1.29, 1.82) is 0 Å². The number of thiazole rings is 1. The van der Waals surface area contributed by atoms with E-state index in [9.17, 15) is 24.3 Å². The lowest BCUT2D eigenvalue weighted by molar-refractivity contribution is -0.150. The Labute approximate surface area is 338 Å². The van der Waals surface area contributed by atoms with E-state index in [1.807, 2.05) is 91.0 Å². The lowest BCUT2D eigenvalue weighted by Crippen LogP contribution is -2.71. The van der Waals surface area contributed by atoms with Gasteiger partial charge in [0.2, 0.25) is 11.3 Å². The van der Waals surface area contributed by atoms with Crippen molar-refractivity contribution in [1.82, 2.24) is 40.7 Å². The summed E-state index contributed by atoms with van der Waals surface area (Å²) in [5.41, 5.74) is 2.22. The van der Waals surface area contributed by atoms with Gasteiger partial charge >= 0.3 is 5.97 Å². The summed E-state index contributed by atoms with van der Waals surface area (Å²) in [6, 6.07) is 28.8. The summed E-state index contributed by atoms with van der Waals surface area (Å²) < 4.78 is 1.47. The molecule has 2 aromatic heterocycles. The molecule has 3 amide bonds. The maximum atomic E-state index is 14.1.